The number of thiazole rings is 1. The first-order valence-corrected chi connectivity index (χ1v) is 7.06. The average molecular weight is 237 g/mol. The summed E-state index contributed by atoms with van der Waals surface area (Å²) in [5.74, 6) is 0.884. The predicted molar refractivity (Wildman–Crippen MR) is 66.6 cm³/mol. The number of fused-ring (bicyclic) bond motifs is 1. The van der Waals surface area contributed by atoms with Crippen molar-refractivity contribution in [2.75, 3.05) is 19.6 Å². The molecule has 4 heteroatoms. The lowest BCUT2D eigenvalue weighted by atomic mass is 9.92. The Hall–Kier alpha value is -0.450. The SMILES string of the molecule is Cc1csc(CN2CCCC3CNCC32)n1. The van der Waals surface area contributed by atoms with Gasteiger partial charge < -0.3 is 5.32 Å². The highest BCUT2D eigenvalue weighted by molar-refractivity contribution is 7.09. The fourth-order valence-electron chi connectivity index (χ4n) is 3.01. The number of piperidine rings is 1. The van der Waals surface area contributed by atoms with E-state index in [0.29, 0.717) is 0 Å². The van der Waals surface area contributed by atoms with Crippen LogP contribution in [0.4, 0.5) is 0 Å². The number of rotatable bonds is 2. The minimum Gasteiger partial charge on any atom is -0.315 e. The molecule has 0 aliphatic carbocycles. The molecule has 3 nitrogen and oxygen atoms in total. The summed E-state index contributed by atoms with van der Waals surface area (Å²) in [6.07, 6.45) is 2.76. The highest BCUT2D eigenvalue weighted by Crippen LogP contribution is 2.28. The second-order valence-electron chi connectivity index (χ2n) is 4.98. The molecule has 0 aromatic carbocycles. The van der Waals surface area contributed by atoms with Crippen LogP contribution in [0.1, 0.15) is 23.5 Å². The van der Waals surface area contributed by atoms with Crippen LogP contribution in [0.25, 0.3) is 0 Å². The van der Waals surface area contributed by atoms with Crippen LogP contribution in [-0.2, 0) is 6.54 Å². The standard InChI is InChI=1S/C12H19N3S/c1-9-8-16-12(14-9)7-15-4-2-3-10-5-13-6-11(10)15/h8,10-11,13H,2-7H2,1H3. The van der Waals surface area contributed by atoms with Crippen LogP contribution in [0, 0.1) is 12.8 Å². The number of hydrogen-bond donors (Lipinski definition) is 1. The minimum absolute atomic E-state index is 0.762. The van der Waals surface area contributed by atoms with Gasteiger partial charge in [0.1, 0.15) is 5.01 Å². The van der Waals surface area contributed by atoms with Crippen LogP contribution in [-0.4, -0.2) is 35.6 Å². The summed E-state index contributed by atoms with van der Waals surface area (Å²) in [6.45, 7) is 6.78. The summed E-state index contributed by atoms with van der Waals surface area (Å²) in [4.78, 5) is 7.21. The molecule has 2 unspecified atom stereocenters. The van der Waals surface area contributed by atoms with Gasteiger partial charge in [-0.3, -0.25) is 4.90 Å². The molecule has 2 fully saturated rings. The molecule has 0 saturated carbocycles. The van der Waals surface area contributed by atoms with Crippen LogP contribution >= 0.6 is 11.3 Å². The first-order valence-electron chi connectivity index (χ1n) is 6.19. The Bertz CT molecular complexity index is 363. The Balaban J connectivity index is 1.69. The van der Waals surface area contributed by atoms with Gasteiger partial charge in [-0.15, -0.1) is 11.3 Å². The van der Waals surface area contributed by atoms with Gasteiger partial charge in [-0.1, -0.05) is 0 Å². The molecule has 2 saturated heterocycles. The molecule has 16 heavy (non-hydrogen) atoms. The molecular formula is C12H19N3S. The third-order valence-corrected chi connectivity index (χ3v) is 4.75. The van der Waals surface area contributed by atoms with Gasteiger partial charge in [0, 0.05) is 23.7 Å². The molecule has 3 heterocycles. The quantitative estimate of drug-likeness (QED) is 0.847. The molecule has 3 rings (SSSR count). The predicted octanol–water partition coefficient (Wildman–Crippen LogP) is 1.64. The number of nitrogens with one attached hydrogen (secondary N) is 1. The number of nitrogens with zero attached hydrogens (tertiary/aromatic N) is 2. The molecule has 88 valence electrons. The summed E-state index contributed by atoms with van der Waals surface area (Å²) in [7, 11) is 0. The molecule has 0 amide bonds. The third-order valence-electron chi connectivity index (χ3n) is 3.80. The zero-order valence-corrected chi connectivity index (χ0v) is 10.6. The maximum Gasteiger partial charge on any atom is 0.107 e. The van der Waals surface area contributed by atoms with Crippen molar-refractivity contribution in [2.24, 2.45) is 5.92 Å². The van der Waals surface area contributed by atoms with Gasteiger partial charge in [-0.25, -0.2) is 4.98 Å². The summed E-state index contributed by atoms with van der Waals surface area (Å²) in [6, 6.07) is 0.762. The molecular weight excluding hydrogens is 218 g/mol. The molecule has 0 radical (unpaired) electrons. The largest absolute Gasteiger partial charge is 0.315 e. The van der Waals surface area contributed by atoms with Crippen molar-refractivity contribution in [1.82, 2.24) is 15.2 Å². The Morgan fingerprint density at radius 2 is 2.50 bits per heavy atom. The molecule has 1 N–H and O–H groups in total. The van der Waals surface area contributed by atoms with E-state index in [1.165, 1.54) is 37.5 Å². The van der Waals surface area contributed by atoms with Gasteiger partial charge in [-0.2, -0.15) is 0 Å². The molecule has 0 bridgehead atoms. The fourth-order valence-corrected chi connectivity index (χ4v) is 3.81. The van der Waals surface area contributed by atoms with Crippen molar-refractivity contribution >= 4 is 11.3 Å². The van der Waals surface area contributed by atoms with Gasteiger partial charge in [0.25, 0.3) is 0 Å². The number of aryl methyl sites for hydroxylation is 1. The van der Waals surface area contributed by atoms with Crippen molar-refractivity contribution < 1.29 is 0 Å². The number of likely N-dealkylation sites (tertiary alicyclic amines) is 1. The number of hydrogen-bond acceptors (Lipinski definition) is 4. The Morgan fingerprint density at radius 3 is 3.31 bits per heavy atom. The normalized spacial score (nSPS) is 30.6. The lowest BCUT2D eigenvalue weighted by Crippen LogP contribution is -2.44. The monoisotopic (exact) mass is 237 g/mol. The topological polar surface area (TPSA) is 28.2 Å². The smallest absolute Gasteiger partial charge is 0.107 e. The van der Waals surface area contributed by atoms with Gasteiger partial charge >= 0.3 is 0 Å². The summed E-state index contributed by atoms with van der Waals surface area (Å²) < 4.78 is 0. The van der Waals surface area contributed by atoms with Crippen molar-refractivity contribution in [3.8, 4) is 0 Å². The highest BCUT2D eigenvalue weighted by atomic mass is 32.1. The first-order chi connectivity index (χ1) is 7.83. The highest BCUT2D eigenvalue weighted by Gasteiger charge is 2.34. The van der Waals surface area contributed by atoms with Gasteiger partial charge in [-0.05, 0) is 38.8 Å². The Kier molecular flexibility index (Phi) is 2.96. The van der Waals surface area contributed by atoms with E-state index >= 15 is 0 Å². The van der Waals surface area contributed by atoms with Crippen LogP contribution in [0.15, 0.2) is 5.38 Å². The van der Waals surface area contributed by atoms with Crippen LogP contribution in [0.5, 0.6) is 0 Å². The molecule has 2 aliphatic rings. The first kappa shape index (κ1) is 10.7. The van der Waals surface area contributed by atoms with Gasteiger partial charge in [0.05, 0.1) is 6.54 Å². The summed E-state index contributed by atoms with van der Waals surface area (Å²) in [5, 5.41) is 6.97. The maximum atomic E-state index is 4.58. The molecule has 1 aromatic heterocycles. The lowest BCUT2D eigenvalue weighted by molar-refractivity contribution is 0.117. The summed E-state index contributed by atoms with van der Waals surface area (Å²) >= 11 is 1.80. The van der Waals surface area contributed by atoms with E-state index in [1.807, 2.05) is 0 Å². The van der Waals surface area contributed by atoms with Crippen LogP contribution < -0.4 is 5.32 Å². The van der Waals surface area contributed by atoms with E-state index in [4.69, 9.17) is 0 Å². The molecule has 2 atom stereocenters. The van der Waals surface area contributed by atoms with E-state index in [-0.39, 0.29) is 0 Å². The summed E-state index contributed by atoms with van der Waals surface area (Å²) in [5.41, 5.74) is 1.16. The maximum absolute atomic E-state index is 4.58. The lowest BCUT2D eigenvalue weighted by Gasteiger charge is -2.36. The Morgan fingerprint density at radius 1 is 1.56 bits per heavy atom. The molecule has 2 aliphatic heterocycles. The van der Waals surface area contributed by atoms with E-state index in [9.17, 15) is 0 Å². The zero-order valence-electron chi connectivity index (χ0n) is 9.78. The fraction of sp³-hybridized carbons (Fsp3) is 0.750. The van der Waals surface area contributed by atoms with Gasteiger partial charge in [0.15, 0.2) is 0 Å². The van der Waals surface area contributed by atoms with Crippen molar-refractivity contribution in [3.05, 3.63) is 16.1 Å². The van der Waals surface area contributed by atoms with Crippen molar-refractivity contribution in [2.45, 2.75) is 32.4 Å². The average Bonchev–Trinajstić information content (AvgIpc) is 2.87. The third kappa shape index (κ3) is 2.01. The van der Waals surface area contributed by atoms with E-state index in [0.717, 1.165) is 24.2 Å². The van der Waals surface area contributed by atoms with Crippen molar-refractivity contribution in [3.63, 3.8) is 0 Å². The van der Waals surface area contributed by atoms with Crippen molar-refractivity contribution in [1.29, 1.82) is 0 Å². The number of aromatic nitrogens is 1. The second-order valence-corrected chi connectivity index (χ2v) is 5.92. The van der Waals surface area contributed by atoms with E-state index in [1.54, 1.807) is 11.3 Å². The van der Waals surface area contributed by atoms with E-state index in [2.05, 4.69) is 27.5 Å². The van der Waals surface area contributed by atoms with Gasteiger partial charge in [0.2, 0.25) is 0 Å². The minimum atomic E-state index is 0.762. The van der Waals surface area contributed by atoms with Crippen LogP contribution in [0.2, 0.25) is 0 Å². The second kappa shape index (κ2) is 4.43. The molecule has 1 aromatic rings. The van der Waals surface area contributed by atoms with E-state index < -0.39 is 0 Å². The Labute approximate surface area is 101 Å². The zero-order chi connectivity index (χ0) is 11.0. The molecule has 0 spiro atoms. The van der Waals surface area contributed by atoms with Crippen LogP contribution in [0.3, 0.4) is 0 Å².